The molecule has 1 aliphatic rings. The summed E-state index contributed by atoms with van der Waals surface area (Å²) in [4.78, 5) is 27.3. The number of ketones is 1. The minimum Gasteiger partial charge on any atom is -0.507 e. The third-order valence-corrected chi connectivity index (χ3v) is 6.02. The highest BCUT2D eigenvalue weighted by molar-refractivity contribution is 7.10. The van der Waals surface area contributed by atoms with Crippen molar-refractivity contribution in [2.45, 2.75) is 13.0 Å². The first-order valence-electron chi connectivity index (χ1n) is 9.28. The van der Waals surface area contributed by atoms with Gasteiger partial charge in [0.05, 0.1) is 18.4 Å². The standard InChI is InChI=1S/C23H17F2NO4S/c1-12-10-13(5-8-17(12)30-2)21(27)19-20(18-4-3-9-31-18)26(23(29)22(19)28)16-11-14(24)6-7-15(16)25/h3-11,20,27H,1-2H3/b21-19-. The number of thiophene rings is 1. The molecule has 31 heavy (non-hydrogen) atoms. The van der Waals surface area contributed by atoms with Crippen LogP contribution in [-0.2, 0) is 9.59 Å². The van der Waals surface area contributed by atoms with Crippen molar-refractivity contribution in [2.75, 3.05) is 12.0 Å². The van der Waals surface area contributed by atoms with Crippen LogP contribution in [0, 0.1) is 18.6 Å². The van der Waals surface area contributed by atoms with Crippen LogP contribution in [0.4, 0.5) is 14.5 Å². The van der Waals surface area contributed by atoms with Crippen LogP contribution in [0.25, 0.3) is 5.76 Å². The molecule has 0 bridgehead atoms. The van der Waals surface area contributed by atoms with Gasteiger partial charge in [-0.3, -0.25) is 14.5 Å². The van der Waals surface area contributed by atoms with Crippen LogP contribution in [0.2, 0.25) is 0 Å². The smallest absolute Gasteiger partial charge is 0.300 e. The summed E-state index contributed by atoms with van der Waals surface area (Å²) < 4.78 is 33.7. The molecule has 0 spiro atoms. The average molecular weight is 441 g/mol. The van der Waals surface area contributed by atoms with Crippen LogP contribution in [0.15, 0.2) is 59.5 Å². The Morgan fingerprint density at radius 3 is 2.55 bits per heavy atom. The Morgan fingerprint density at radius 2 is 1.90 bits per heavy atom. The van der Waals surface area contributed by atoms with Gasteiger partial charge in [-0.25, -0.2) is 8.78 Å². The normalized spacial score (nSPS) is 17.9. The van der Waals surface area contributed by atoms with Gasteiger partial charge in [0.2, 0.25) is 0 Å². The number of halogens is 2. The summed E-state index contributed by atoms with van der Waals surface area (Å²) in [5.74, 6) is -3.45. The van der Waals surface area contributed by atoms with Gasteiger partial charge in [-0.05, 0) is 54.3 Å². The predicted octanol–water partition coefficient (Wildman–Crippen LogP) is 4.97. The molecular formula is C23H17F2NO4S. The van der Waals surface area contributed by atoms with Crippen LogP contribution in [0.5, 0.6) is 5.75 Å². The second kappa shape index (κ2) is 7.96. The zero-order valence-electron chi connectivity index (χ0n) is 16.6. The van der Waals surface area contributed by atoms with Gasteiger partial charge in [0.15, 0.2) is 0 Å². The maximum Gasteiger partial charge on any atom is 0.300 e. The molecule has 1 amide bonds. The number of hydrogen-bond donors (Lipinski definition) is 1. The van der Waals surface area contributed by atoms with Crippen LogP contribution in [-0.4, -0.2) is 23.9 Å². The van der Waals surface area contributed by atoms with Gasteiger partial charge in [-0.2, -0.15) is 0 Å². The average Bonchev–Trinajstić information content (AvgIpc) is 3.36. The highest BCUT2D eigenvalue weighted by Gasteiger charge is 2.48. The van der Waals surface area contributed by atoms with Gasteiger partial charge >= 0.3 is 0 Å². The van der Waals surface area contributed by atoms with E-state index in [0.717, 1.165) is 23.1 Å². The van der Waals surface area contributed by atoms with E-state index in [1.165, 1.54) is 18.4 Å². The molecule has 2 heterocycles. The van der Waals surface area contributed by atoms with E-state index in [9.17, 15) is 23.5 Å². The van der Waals surface area contributed by atoms with Crippen molar-refractivity contribution >= 4 is 34.5 Å². The molecule has 3 aromatic rings. The molecule has 5 nitrogen and oxygen atoms in total. The molecule has 1 fully saturated rings. The number of Topliss-reactive ketones (excluding diaryl/α,β-unsaturated/α-hetero) is 1. The van der Waals surface area contributed by atoms with Gasteiger partial charge in [0.1, 0.15) is 29.2 Å². The number of ether oxygens (including phenoxy) is 1. The fraction of sp³-hybridized carbons (Fsp3) is 0.130. The number of anilines is 1. The number of carbonyl (C=O) groups is 2. The van der Waals surface area contributed by atoms with Gasteiger partial charge in [0, 0.05) is 16.5 Å². The zero-order chi connectivity index (χ0) is 22.3. The van der Waals surface area contributed by atoms with E-state index in [2.05, 4.69) is 0 Å². The van der Waals surface area contributed by atoms with Gasteiger partial charge in [-0.15, -0.1) is 11.3 Å². The molecule has 1 saturated heterocycles. The van der Waals surface area contributed by atoms with E-state index in [-0.39, 0.29) is 11.3 Å². The summed E-state index contributed by atoms with van der Waals surface area (Å²) in [7, 11) is 1.51. The molecule has 8 heteroatoms. The first-order chi connectivity index (χ1) is 14.8. The molecule has 1 aromatic heterocycles. The van der Waals surface area contributed by atoms with Gasteiger partial charge < -0.3 is 9.84 Å². The maximum atomic E-state index is 14.6. The van der Waals surface area contributed by atoms with Crippen LogP contribution in [0.3, 0.4) is 0 Å². The summed E-state index contributed by atoms with van der Waals surface area (Å²) in [6.07, 6.45) is 0. The van der Waals surface area contributed by atoms with E-state index >= 15 is 0 Å². The SMILES string of the molecule is COc1ccc(/C(O)=C2/C(=O)C(=O)N(c3cc(F)ccc3F)C2c2cccs2)cc1C. The monoisotopic (exact) mass is 441 g/mol. The van der Waals surface area contributed by atoms with E-state index in [1.807, 2.05) is 0 Å². The molecule has 4 rings (SSSR count). The number of aliphatic hydroxyl groups is 1. The molecular weight excluding hydrogens is 424 g/mol. The van der Waals surface area contributed by atoms with Gasteiger partial charge in [-0.1, -0.05) is 6.07 Å². The third-order valence-electron chi connectivity index (χ3n) is 5.09. The molecule has 1 unspecified atom stereocenters. The van der Waals surface area contributed by atoms with E-state index in [1.54, 1.807) is 42.6 Å². The second-order valence-corrected chi connectivity index (χ2v) is 7.94. The summed E-state index contributed by atoms with van der Waals surface area (Å²) in [6, 6.07) is 9.76. The highest BCUT2D eigenvalue weighted by atomic mass is 32.1. The number of carbonyl (C=O) groups excluding carboxylic acids is 2. The fourth-order valence-corrected chi connectivity index (χ4v) is 4.47. The number of rotatable bonds is 4. The van der Waals surface area contributed by atoms with Crippen LogP contribution >= 0.6 is 11.3 Å². The fourth-order valence-electron chi connectivity index (χ4n) is 3.65. The molecule has 1 atom stereocenters. The Hall–Kier alpha value is -3.52. The summed E-state index contributed by atoms with van der Waals surface area (Å²) >= 11 is 1.23. The summed E-state index contributed by atoms with van der Waals surface area (Å²) in [6.45, 7) is 1.77. The predicted molar refractivity (Wildman–Crippen MR) is 113 cm³/mol. The number of aryl methyl sites for hydroxylation is 1. The van der Waals surface area contributed by atoms with Crippen molar-refractivity contribution < 1.29 is 28.2 Å². The minimum atomic E-state index is -1.10. The zero-order valence-corrected chi connectivity index (χ0v) is 17.4. The van der Waals surface area contributed by atoms with E-state index in [0.29, 0.717) is 21.8 Å². The lowest BCUT2D eigenvalue weighted by atomic mass is 9.98. The van der Waals surface area contributed by atoms with Crippen LogP contribution < -0.4 is 9.64 Å². The van der Waals surface area contributed by atoms with Crippen molar-refractivity contribution in [3.63, 3.8) is 0 Å². The second-order valence-electron chi connectivity index (χ2n) is 6.96. The molecule has 1 aliphatic heterocycles. The summed E-state index contributed by atoms with van der Waals surface area (Å²) in [5.41, 5.74) is 0.452. The lowest BCUT2D eigenvalue weighted by molar-refractivity contribution is -0.132. The third kappa shape index (κ3) is 3.48. The van der Waals surface area contributed by atoms with Crippen molar-refractivity contribution in [2.24, 2.45) is 0 Å². The Morgan fingerprint density at radius 1 is 1.13 bits per heavy atom. The Kier molecular flexibility index (Phi) is 5.32. The Labute approximate surface area is 180 Å². The lowest BCUT2D eigenvalue weighted by Gasteiger charge is -2.24. The van der Waals surface area contributed by atoms with Crippen LogP contribution in [0.1, 0.15) is 22.0 Å². The molecule has 1 N–H and O–H groups in total. The van der Waals surface area contributed by atoms with E-state index in [4.69, 9.17) is 4.74 Å². The molecule has 158 valence electrons. The number of hydrogen-bond acceptors (Lipinski definition) is 5. The first kappa shape index (κ1) is 20.7. The highest BCUT2D eigenvalue weighted by Crippen LogP contribution is 2.44. The largest absolute Gasteiger partial charge is 0.507 e. The molecule has 0 radical (unpaired) electrons. The lowest BCUT2D eigenvalue weighted by Crippen LogP contribution is -2.30. The van der Waals surface area contributed by atoms with Crippen molar-refractivity contribution in [3.8, 4) is 5.75 Å². The first-order valence-corrected chi connectivity index (χ1v) is 10.2. The molecule has 2 aromatic carbocycles. The topological polar surface area (TPSA) is 66.8 Å². The van der Waals surface area contributed by atoms with E-state index < -0.39 is 35.1 Å². The number of amides is 1. The van der Waals surface area contributed by atoms with Crippen molar-refractivity contribution in [3.05, 3.63) is 87.1 Å². The Balaban J connectivity index is 1.94. The Bertz CT molecular complexity index is 1220. The quantitative estimate of drug-likeness (QED) is 0.353. The number of benzene rings is 2. The summed E-state index contributed by atoms with van der Waals surface area (Å²) in [5, 5.41) is 12.8. The maximum absolute atomic E-state index is 14.6. The number of aliphatic hydroxyl groups excluding tert-OH is 1. The van der Waals surface area contributed by atoms with Crippen molar-refractivity contribution in [1.82, 2.24) is 0 Å². The number of methoxy groups -OCH3 is 1. The molecule has 0 saturated carbocycles. The number of nitrogens with zero attached hydrogens (tertiary/aromatic N) is 1. The van der Waals surface area contributed by atoms with Gasteiger partial charge in [0.25, 0.3) is 11.7 Å². The molecule has 0 aliphatic carbocycles. The minimum absolute atomic E-state index is 0.194. The van der Waals surface area contributed by atoms with Crippen molar-refractivity contribution in [1.29, 1.82) is 0 Å².